The quantitative estimate of drug-likeness (QED) is 0.869. The monoisotopic (exact) mass is 382 g/mol. The number of carbonyl (C=O) groups is 2. The molecule has 2 aliphatic rings. The predicted molar refractivity (Wildman–Crippen MR) is 104 cm³/mol. The summed E-state index contributed by atoms with van der Waals surface area (Å²) in [5.74, 6) is 0.120. The minimum absolute atomic E-state index is 0.0137. The molecule has 0 aliphatic carbocycles. The number of imidazole rings is 1. The third-order valence-corrected chi connectivity index (χ3v) is 5.97. The number of hydrogen-bond acceptors (Lipinski definition) is 4. The molecule has 3 heterocycles. The SMILES string of the molecule is COCC(=O)N1CCc2[nH]cnc2C12CCN(C(=O)Cc1ccccc1)CC2. The maximum Gasteiger partial charge on any atom is 0.249 e. The van der Waals surface area contributed by atoms with E-state index >= 15 is 0 Å². The van der Waals surface area contributed by atoms with Gasteiger partial charge in [-0.1, -0.05) is 30.3 Å². The molecule has 1 saturated heterocycles. The minimum Gasteiger partial charge on any atom is -0.375 e. The number of carbonyl (C=O) groups excluding carboxylic acids is 2. The molecule has 4 rings (SSSR count). The Bertz CT molecular complexity index is 840. The second-order valence-electron chi connectivity index (χ2n) is 7.53. The van der Waals surface area contributed by atoms with Crippen LogP contribution >= 0.6 is 0 Å². The Morgan fingerprint density at radius 1 is 1.14 bits per heavy atom. The lowest BCUT2D eigenvalue weighted by molar-refractivity contribution is -0.147. The summed E-state index contributed by atoms with van der Waals surface area (Å²) in [5, 5.41) is 0. The van der Waals surface area contributed by atoms with E-state index in [0.29, 0.717) is 38.9 Å². The van der Waals surface area contributed by atoms with E-state index in [1.807, 2.05) is 40.1 Å². The fourth-order valence-electron chi connectivity index (χ4n) is 4.56. The lowest BCUT2D eigenvalue weighted by Gasteiger charge is -2.50. The summed E-state index contributed by atoms with van der Waals surface area (Å²) in [6.45, 7) is 1.96. The number of hydrogen-bond donors (Lipinski definition) is 1. The number of H-pyrrole nitrogens is 1. The molecule has 1 N–H and O–H groups in total. The molecule has 1 fully saturated rings. The number of ether oxygens (including phenoxy) is 1. The Labute approximate surface area is 164 Å². The van der Waals surface area contributed by atoms with Crippen LogP contribution in [0.1, 0.15) is 29.8 Å². The number of rotatable bonds is 4. The van der Waals surface area contributed by atoms with Crippen molar-refractivity contribution in [2.75, 3.05) is 33.4 Å². The van der Waals surface area contributed by atoms with Gasteiger partial charge in [0.2, 0.25) is 11.8 Å². The summed E-state index contributed by atoms with van der Waals surface area (Å²) in [5.41, 5.74) is 2.63. The van der Waals surface area contributed by atoms with Crippen LogP contribution in [-0.2, 0) is 32.7 Å². The number of methoxy groups -OCH3 is 1. The lowest BCUT2D eigenvalue weighted by Crippen LogP contribution is -2.59. The highest BCUT2D eigenvalue weighted by Gasteiger charge is 2.48. The molecule has 0 unspecified atom stereocenters. The van der Waals surface area contributed by atoms with Crippen LogP contribution in [0.15, 0.2) is 36.7 Å². The van der Waals surface area contributed by atoms with Gasteiger partial charge in [-0.05, 0) is 18.4 Å². The van der Waals surface area contributed by atoms with Crippen molar-refractivity contribution in [2.24, 2.45) is 0 Å². The lowest BCUT2D eigenvalue weighted by atomic mass is 9.78. The van der Waals surface area contributed by atoms with E-state index in [4.69, 9.17) is 4.74 Å². The topological polar surface area (TPSA) is 78.5 Å². The van der Waals surface area contributed by atoms with E-state index in [0.717, 1.165) is 23.4 Å². The van der Waals surface area contributed by atoms with Crippen molar-refractivity contribution < 1.29 is 14.3 Å². The average molecular weight is 382 g/mol. The number of likely N-dealkylation sites (tertiary alicyclic amines) is 1. The number of benzene rings is 1. The van der Waals surface area contributed by atoms with Gasteiger partial charge in [0.15, 0.2) is 0 Å². The standard InChI is InChI=1S/C21H26N4O3/c1-28-14-19(27)25-10-7-17-20(23-15-22-17)21(25)8-11-24(12-9-21)18(26)13-16-5-3-2-4-6-16/h2-6,15H,7-14H2,1H3,(H,22,23). The summed E-state index contributed by atoms with van der Waals surface area (Å²) < 4.78 is 5.10. The highest BCUT2D eigenvalue weighted by Crippen LogP contribution is 2.42. The third kappa shape index (κ3) is 3.30. The van der Waals surface area contributed by atoms with Gasteiger partial charge in [-0.2, -0.15) is 0 Å². The number of fused-ring (bicyclic) bond motifs is 2. The summed E-state index contributed by atoms with van der Waals surface area (Å²) in [6, 6.07) is 9.81. The van der Waals surface area contributed by atoms with Gasteiger partial charge in [0.25, 0.3) is 0 Å². The summed E-state index contributed by atoms with van der Waals surface area (Å²) in [4.78, 5) is 37.1. The van der Waals surface area contributed by atoms with Crippen molar-refractivity contribution in [3.05, 3.63) is 53.6 Å². The molecule has 148 valence electrons. The summed E-state index contributed by atoms with van der Waals surface area (Å²) in [7, 11) is 1.54. The Morgan fingerprint density at radius 2 is 1.89 bits per heavy atom. The van der Waals surface area contributed by atoms with Crippen LogP contribution in [0.5, 0.6) is 0 Å². The number of nitrogens with one attached hydrogen (secondary N) is 1. The number of nitrogens with zero attached hydrogens (tertiary/aromatic N) is 3. The van der Waals surface area contributed by atoms with E-state index in [2.05, 4.69) is 9.97 Å². The van der Waals surface area contributed by atoms with Gasteiger partial charge in [0.05, 0.1) is 24.0 Å². The summed E-state index contributed by atoms with van der Waals surface area (Å²) in [6.07, 6.45) is 4.28. The zero-order chi connectivity index (χ0) is 19.6. The summed E-state index contributed by atoms with van der Waals surface area (Å²) >= 11 is 0. The molecule has 0 radical (unpaired) electrons. The van der Waals surface area contributed by atoms with Crippen molar-refractivity contribution in [2.45, 2.75) is 31.2 Å². The van der Waals surface area contributed by atoms with Crippen molar-refractivity contribution in [3.8, 4) is 0 Å². The number of piperidine rings is 1. The molecule has 0 bridgehead atoms. The normalized spacial score (nSPS) is 18.2. The first-order valence-corrected chi connectivity index (χ1v) is 9.78. The van der Waals surface area contributed by atoms with E-state index in [1.165, 1.54) is 0 Å². The first-order chi connectivity index (χ1) is 13.6. The second kappa shape index (κ2) is 7.75. The van der Waals surface area contributed by atoms with Gasteiger partial charge < -0.3 is 19.5 Å². The van der Waals surface area contributed by atoms with E-state index in [9.17, 15) is 9.59 Å². The second-order valence-corrected chi connectivity index (χ2v) is 7.53. The Balaban J connectivity index is 1.52. The van der Waals surface area contributed by atoms with Crippen molar-refractivity contribution in [1.29, 1.82) is 0 Å². The number of aromatic nitrogens is 2. The maximum atomic E-state index is 12.8. The molecular formula is C21H26N4O3. The predicted octanol–water partition coefficient (Wildman–Crippen LogP) is 1.50. The Morgan fingerprint density at radius 3 is 2.61 bits per heavy atom. The van der Waals surface area contributed by atoms with Gasteiger partial charge in [0.1, 0.15) is 6.61 Å². The fourth-order valence-corrected chi connectivity index (χ4v) is 4.56. The maximum absolute atomic E-state index is 12.8. The van der Waals surface area contributed by atoms with Crippen molar-refractivity contribution >= 4 is 11.8 Å². The van der Waals surface area contributed by atoms with Gasteiger partial charge in [-0.3, -0.25) is 9.59 Å². The molecule has 1 spiro atoms. The third-order valence-electron chi connectivity index (χ3n) is 5.97. The van der Waals surface area contributed by atoms with Gasteiger partial charge in [-0.25, -0.2) is 4.98 Å². The minimum atomic E-state index is -0.452. The molecule has 2 aliphatic heterocycles. The number of aromatic amines is 1. The first kappa shape index (κ1) is 18.7. The molecule has 2 aromatic rings. The van der Waals surface area contributed by atoms with Crippen LogP contribution in [0.3, 0.4) is 0 Å². The molecule has 0 atom stereocenters. The van der Waals surface area contributed by atoms with E-state index < -0.39 is 5.54 Å². The molecule has 28 heavy (non-hydrogen) atoms. The molecule has 7 nitrogen and oxygen atoms in total. The number of amides is 2. The zero-order valence-corrected chi connectivity index (χ0v) is 16.2. The van der Waals surface area contributed by atoms with E-state index in [1.54, 1.807) is 13.4 Å². The van der Waals surface area contributed by atoms with Gasteiger partial charge in [-0.15, -0.1) is 0 Å². The molecule has 2 amide bonds. The Hall–Kier alpha value is -2.67. The molecule has 7 heteroatoms. The van der Waals surface area contributed by atoms with Crippen molar-refractivity contribution in [1.82, 2.24) is 19.8 Å². The van der Waals surface area contributed by atoms with Crippen LogP contribution in [-0.4, -0.2) is 64.9 Å². The van der Waals surface area contributed by atoms with Gasteiger partial charge >= 0.3 is 0 Å². The zero-order valence-electron chi connectivity index (χ0n) is 16.2. The Kier molecular flexibility index (Phi) is 5.17. The fraction of sp³-hybridized carbons (Fsp3) is 0.476. The molecule has 0 saturated carbocycles. The van der Waals surface area contributed by atoms with Gasteiger partial charge in [0, 0.05) is 38.9 Å². The van der Waals surface area contributed by atoms with Crippen LogP contribution in [0.4, 0.5) is 0 Å². The highest BCUT2D eigenvalue weighted by atomic mass is 16.5. The highest BCUT2D eigenvalue weighted by molar-refractivity contribution is 5.80. The van der Waals surface area contributed by atoms with Crippen LogP contribution in [0, 0.1) is 0 Å². The van der Waals surface area contributed by atoms with Crippen molar-refractivity contribution in [3.63, 3.8) is 0 Å². The van der Waals surface area contributed by atoms with Crippen LogP contribution in [0.2, 0.25) is 0 Å². The molecule has 1 aromatic heterocycles. The van der Waals surface area contributed by atoms with Crippen LogP contribution in [0.25, 0.3) is 0 Å². The smallest absolute Gasteiger partial charge is 0.249 e. The average Bonchev–Trinajstić information content (AvgIpc) is 3.20. The largest absolute Gasteiger partial charge is 0.375 e. The molecular weight excluding hydrogens is 356 g/mol. The van der Waals surface area contributed by atoms with E-state index in [-0.39, 0.29) is 18.4 Å². The first-order valence-electron chi connectivity index (χ1n) is 9.78. The molecule has 1 aromatic carbocycles. The van der Waals surface area contributed by atoms with Crippen LogP contribution < -0.4 is 0 Å².